The number of aromatic nitrogens is 1. The van der Waals surface area contributed by atoms with Crippen molar-refractivity contribution in [1.29, 1.82) is 0 Å². The first-order valence-electron chi connectivity index (χ1n) is 4.96. The molecule has 7 heteroatoms. The van der Waals surface area contributed by atoms with Crippen LogP contribution in [0, 0.1) is 0 Å². The van der Waals surface area contributed by atoms with Gasteiger partial charge in [0.05, 0.1) is 12.3 Å². The van der Waals surface area contributed by atoms with Gasteiger partial charge in [0.1, 0.15) is 6.61 Å². The van der Waals surface area contributed by atoms with Gasteiger partial charge in [0.15, 0.2) is 5.69 Å². The van der Waals surface area contributed by atoms with Gasteiger partial charge in [-0.3, -0.25) is 9.59 Å². The second-order valence-corrected chi connectivity index (χ2v) is 3.22. The molecule has 92 valence electrons. The fourth-order valence-corrected chi connectivity index (χ4v) is 1.10. The van der Waals surface area contributed by atoms with Gasteiger partial charge in [0, 0.05) is 12.7 Å². The van der Waals surface area contributed by atoms with Gasteiger partial charge in [-0.2, -0.15) is 0 Å². The number of pyridine rings is 1. The summed E-state index contributed by atoms with van der Waals surface area (Å²) in [5.74, 6) is -0.934. The zero-order valence-corrected chi connectivity index (χ0v) is 9.18. The van der Waals surface area contributed by atoms with Gasteiger partial charge in [-0.05, 0) is 12.1 Å². The van der Waals surface area contributed by atoms with Crippen LogP contribution in [0.15, 0.2) is 18.3 Å². The van der Waals surface area contributed by atoms with E-state index in [-0.39, 0.29) is 31.4 Å². The number of nitrogens with one attached hydrogen (secondary N) is 1. The lowest BCUT2D eigenvalue weighted by Gasteiger charge is -2.06. The Bertz CT molecular complexity index is 408. The molecule has 0 saturated heterocycles. The second-order valence-electron chi connectivity index (χ2n) is 3.22. The number of carbonyl (C=O) groups excluding carboxylic acids is 2. The molecule has 0 spiro atoms. The van der Waals surface area contributed by atoms with Crippen LogP contribution in [0.25, 0.3) is 0 Å². The fraction of sp³-hybridized carbons (Fsp3) is 0.300. The molecule has 0 atom stereocenters. The van der Waals surface area contributed by atoms with Gasteiger partial charge in [0.2, 0.25) is 5.91 Å². The molecule has 7 nitrogen and oxygen atoms in total. The molecule has 0 fully saturated rings. The molecule has 0 aliphatic rings. The average molecular weight is 238 g/mol. The minimum Gasteiger partial charge on any atom is -0.397 e. The number of hydrogen-bond donors (Lipinski definition) is 3. The van der Waals surface area contributed by atoms with Gasteiger partial charge in [-0.1, -0.05) is 0 Å². The van der Waals surface area contributed by atoms with Crippen LogP contribution in [0.5, 0.6) is 0 Å². The minimum absolute atomic E-state index is 0.165. The van der Waals surface area contributed by atoms with E-state index < -0.39 is 5.91 Å². The van der Waals surface area contributed by atoms with Crippen molar-refractivity contribution in [1.82, 2.24) is 10.3 Å². The summed E-state index contributed by atoms with van der Waals surface area (Å²) in [4.78, 5) is 25.8. The van der Waals surface area contributed by atoms with Crippen LogP contribution in [0.1, 0.15) is 10.5 Å². The van der Waals surface area contributed by atoms with E-state index >= 15 is 0 Å². The first-order chi connectivity index (χ1) is 8.11. The van der Waals surface area contributed by atoms with E-state index in [2.05, 4.69) is 10.3 Å². The van der Waals surface area contributed by atoms with Crippen LogP contribution >= 0.6 is 0 Å². The van der Waals surface area contributed by atoms with Crippen LogP contribution in [0.2, 0.25) is 0 Å². The van der Waals surface area contributed by atoms with Gasteiger partial charge < -0.3 is 21.5 Å². The summed E-state index contributed by atoms with van der Waals surface area (Å²) in [6.45, 7) is 0.283. The Morgan fingerprint density at radius 2 is 2.24 bits per heavy atom. The summed E-state index contributed by atoms with van der Waals surface area (Å²) in [5, 5.41) is 2.55. The van der Waals surface area contributed by atoms with Crippen molar-refractivity contribution in [3.63, 3.8) is 0 Å². The van der Waals surface area contributed by atoms with Gasteiger partial charge in [-0.15, -0.1) is 0 Å². The second kappa shape index (κ2) is 6.44. The Hall–Kier alpha value is -2.15. The summed E-state index contributed by atoms with van der Waals surface area (Å²) in [5.41, 5.74) is 10.9. The molecule has 0 radical (unpaired) electrons. The lowest BCUT2D eigenvalue weighted by molar-refractivity contribution is -0.122. The molecule has 1 rings (SSSR count). The Morgan fingerprint density at radius 1 is 1.47 bits per heavy atom. The van der Waals surface area contributed by atoms with E-state index in [0.717, 1.165) is 0 Å². The maximum absolute atomic E-state index is 11.6. The molecule has 0 aliphatic carbocycles. The molecule has 1 heterocycles. The van der Waals surface area contributed by atoms with Gasteiger partial charge in [0.25, 0.3) is 5.91 Å². The molecule has 17 heavy (non-hydrogen) atoms. The molecule has 0 unspecified atom stereocenters. The number of anilines is 1. The van der Waals surface area contributed by atoms with Gasteiger partial charge >= 0.3 is 0 Å². The molecule has 0 bridgehead atoms. The first-order valence-corrected chi connectivity index (χ1v) is 4.96. The number of hydrogen-bond acceptors (Lipinski definition) is 5. The van der Waals surface area contributed by atoms with Crippen LogP contribution < -0.4 is 16.8 Å². The largest absolute Gasteiger partial charge is 0.397 e. The highest BCUT2D eigenvalue weighted by atomic mass is 16.5. The van der Waals surface area contributed by atoms with E-state index in [9.17, 15) is 9.59 Å². The molecule has 0 saturated carbocycles. The van der Waals surface area contributed by atoms with E-state index in [1.165, 1.54) is 6.20 Å². The molecular formula is C10H14N4O3. The van der Waals surface area contributed by atoms with Crippen molar-refractivity contribution >= 4 is 17.5 Å². The average Bonchev–Trinajstić information content (AvgIpc) is 2.28. The maximum atomic E-state index is 11.6. The molecule has 0 aliphatic heterocycles. The number of primary amides is 1. The van der Waals surface area contributed by atoms with Crippen molar-refractivity contribution in [2.24, 2.45) is 5.73 Å². The zero-order chi connectivity index (χ0) is 12.7. The summed E-state index contributed by atoms with van der Waals surface area (Å²) in [6, 6.07) is 3.23. The number of nitrogens with two attached hydrogens (primary N) is 2. The molecule has 0 aromatic carbocycles. The quantitative estimate of drug-likeness (QED) is 0.543. The monoisotopic (exact) mass is 238 g/mol. The molecule has 1 aromatic rings. The lowest BCUT2D eigenvalue weighted by Crippen LogP contribution is -2.29. The fourth-order valence-electron chi connectivity index (χ4n) is 1.10. The minimum atomic E-state index is -0.551. The standard InChI is InChI=1S/C10H14N4O3/c11-7-2-1-3-13-9(7)10(16)14-4-5-17-6-8(12)15/h1-3H,4-6,11H2,(H2,12,15)(H,14,16). The van der Waals surface area contributed by atoms with Crippen LogP contribution in [0.3, 0.4) is 0 Å². The lowest BCUT2D eigenvalue weighted by atomic mass is 10.3. The normalized spacial score (nSPS) is 9.88. The number of amides is 2. The Balaban J connectivity index is 2.31. The Morgan fingerprint density at radius 3 is 2.88 bits per heavy atom. The van der Waals surface area contributed by atoms with Crippen LogP contribution in [-0.2, 0) is 9.53 Å². The highest BCUT2D eigenvalue weighted by molar-refractivity contribution is 5.96. The highest BCUT2D eigenvalue weighted by Gasteiger charge is 2.09. The van der Waals surface area contributed by atoms with Gasteiger partial charge in [-0.25, -0.2) is 4.98 Å². The van der Waals surface area contributed by atoms with Crippen LogP contribution in [-0.4, -0.2) is 36.6 Å². The summed E-state index contributed by atoms with van der Waals surface area (Å²) in [7, 11) is 0. The topological polar surface area (TPSA) is 120 Å². The third-order valence-electron chi connectivity index (χ3n) is 1.83. The van der Waals surface area contributed by atoms with E-state index in [0.29, 0.717) is 5.69 Å². The number of carbonyl (C=O) groups is 2. The predicted octanol–water partition coefficient (Wildman–Crippen LogP) is -1.10. The van der Waals surface area contributed by atoms with Crippen molar-refractivity contribution in [3.8, 4) is 0 Å². The highest BCUT2D eigenvalue weighted by Crippen LogP contribution is 2.05. The van der Waals surface area contributed by atoms with Crippen LogP contribution in [0.4, 0.5) is 5.69 Å². The van der Waals surface area contributed by atoms with Crippen molar-refractivity contribution in [2.75, 3.05) is 25.5 Å². The molecular weight excluding hydrogens is 224 g/mol. The smallest absolute Gasteiger partial charge is 0.272 e. The number of nitrogen functional groups attached to an aromatic ring is 1. The molecule has 1 aromatic heterocycles. The summed E-state index contributed by atoms with van der Waals surface area (Å²) >= 11 is 0. The predicted molar refractivity (Wildman–Crippen MR) is 61.0 cm³/mol. The number of rotatable bonds is 6. The number of nitrogens with zero attached hydrogens (tertiary/aromatic N) is 1. The number of ether oxygens (including phenoxy) is 1. The third kappa shape index (κ3) is 4.47. The van der Waals surface area contributed by atoms with Crippen molar-refractivity contribution < 1.29 is 14.3 Å². The van der Waals surface area contributed by atoms with E-state index in [4.69, 9.17) is 16.2 Å². The van der Waals surface area contributed by atoms with Crippen molar-refractivity contribution in [2.45, 2.75) is 0 Å². The summed E-state index contributed by atoms with van der Waals surface area (Å²) < 4.78 is 4.87. The first kappa shape index (κ1) is 12.9. The summed E-state index contributed by atoms with van der Waals surface area (Å²) in [6.07, 6.45) is 1.48. The SMILES string of the molecule is NC(=O)COCCNC(=O)c1ncccc1N. The zero-order valence-electron chi connectivity index (χ0n) is 9.18. The van der Waals surface area contributed by atoms with E-state index in [1.807, 2.05) is 0 Å². The third-order valence-corrected chi connectivity index (χ3v) is 1.83. The molecule has 5 N–H and O–H groups in total. The Labute approximate surface area is 98.1 Å². The molecule has 2 amide bonds. The van der Waals surface area contributed by atoms with E-state index in [1.54, 1.807) is 12.1 Å². The Kier molecular flexibility index (Phi) is 4.89. The maximum Gasteiger partial charge on any atom is 0.272 e. The van der Waals surface area contributed by atoms with Crippen molar-refractivity contribution in [3.05, 3.63) is 24.0 Å².